The highest BCUT2D eigenvalue weighted by Crippen LogP contribution is 2.23. The molecule has 2 N–H and O–H groups in total. The van der Waals surface area contributed by atoms with E-state index in [9.17, 15) is 9.59 Å². The molecule has 0 bridgehead atoms. The van der Waals surface area contributed by atoms with Crippen LogP contribution in [0.4, 0.5) is 0 Å². The van der Waals surface area contributed by atoms with Gasteiger partial charge in [-0.3, -0.25) is 9.59 Å². The third-order valence-corrected chi connectivity index (χ3v) is 4.74. The first-order chi connectivity index (χ1) is 15.6. The lowest BCUT2D eigenvalue weighted by Crippen LogP contribution is -2.26. The molecule has 2 amide bonds. The van der Waals surface area contributed by atoms with Crippen molar-refractivity contribution in [2.75, 3.05) is 40.5 Å². The van der Waals surface area contributed by atoms with E-state index < -0.39 is 0 Å². The number of hydrogen-bond acceptors (Lipinski definition) is 6. The first-order valence-corrected chi connectivity index (χ1v) is 10.2. The Balaban J connectivity index is 1.70. The number of nitrogens with zero attached hydrogens (tertiary/aromatic N) is 2. The smallest absolute Gasteiger partial charge is 0.251 e. The lowest BCUT2D eigenvalue weighted by molar-refractivity contribution is 0.0929. The molecule has 1 heterocycles. The summed E-state index contributed by atoms with van der Waals surface area (Å²) in [6, 6.07) is 16.3. The Kier molecular flexibility index (Phi) is 8.42. The van der Waals surface area contributed by atoms with Crippen LogP contribution >= 0.6 is 0 Å². The van der Waals surface area contributed by atoms with Gasteiger partial charge in [0, 0.05) is 49.6 Å². The monoisotopic (exact) mass is 434 g/mol. The second-order valence-electron chi connectivity index (χ2n) is 6.94. The largest absolute Gasteiger partial charge is 0.383 e. The Morgan fingerprint density at radius 3 is 1.50 bits per heavy atom. The van der Waals surface area contributed by atoms with Gasteiger partial charge in [-0.2, -0.15) is 0 Å². The maximum absolute atomic E-state index is 12.1. The van der Waals surface area contributed by atoms with Crippen LogP contribution in [0.5, 0.6) is 0 Å². The van der Waals surface area contributed by atoms with Crippen molar-refractivity contribution in [2.24, 2.45) is 0 Å². The second-order valence-corrected chi connectivity index (χ2v) is 6.94. The van der Waals surface area contributed by atoms with Crippen LogP contribution in [-0.4, -0.2) is 62.3 Å². The van der Waals surface area contributed by atoms with Gasteiger partial charge in [0.05, 0.1) is 24.6 Å². The molecule has 8 nitrogen and oxygen atoms in total. The van der Waals surface area contributed by atoms with Crippen LogP contribution in [0.3, 0.4) is 0 Å². The van der Waals surface area contributed by atoms with Crippen molar-refractivity contribution in [3.05, 3.63) is 72.1 Å². The van der Waals surface area contributed by atoms with Crippen LogP contribution in [0, 0.1) is 0 Å². The molecular weight excluding hydrogens is 408 g/mol. The number of hydrogen-bond donors (Lipinski definition) is 2. The summed E-state index contributed by atoms with van der Waals surface area (Å²) >= 11 is 0. The van der Waals surface area contributed by atoms with Crippen LogP contribution in [0.2, 0.25) is 0 Å². The van der Waals surface area contributed by atoms with E-state index in [0.717, 1.165) is 22.5 Å². The van der Waals surface area contributed by atoms with Crippen molar-refractivity contribution in [2.45, 2.75) is 0 Å². The molecule has 32 heavy (non-hydrogen) atoms. The number of rotatable bonds is 10. The van der Waals surface area contributed by atoms with Gasteiger partial charge in [-0.05, 0) is 30.3 Å². The van der Waals surface area contributed by atoms with Crippen LogP contribution in [-0.2, 0) is 9.47 Å². The van der Waals surface area contributed by atoms with Gasteiger partial charge >= 0.3 is 0 Å². The summed E-state index contributed by atoms with van der Waals surface area (Å²) < 4.78 is 9.87. The van der Waals surface area contributed by atoms with Gasteiger partial charge in [-0.1, -0.05) is 24.3 Å². The van der Waals surface area contributed by atoms with Crippen molar-refractivity contribution in [3.63, 3.8) is 0 Å². The number of methoxy groups -OCH3 is 2. The summed E-state index contributed by atoms with van der Waals surface area (Å²) in [5.74, 6) is -0.299. The zero-order valence-electron chi connectivity index (χ0n) is 18.1. The zero-order valence-corrected chi connectivity index (χ0v) is 18.1. The SMILES string of the molecule is COCCNC(=O)c1ccc(-c2cc(-c3ccc(C(=O)NCCOC)cc3)ncn2)cc1. The van der Waals surface area contributed by atoms with Crippen molar-refractivity contribution in [1.82, 2.24) is 20.6 Å². The molecule has 166 valence electrons. The Bertz CT molecular complexity index is 956. The highest BCUT2D eigenvalue weighted by atomic mass is 16.5. The van der Waals surface area contributed by atoms with E-state index in [4.69, 9.17) is 9.47 Å². The van der Waals surface area contributed by atoms with Gasteiger partial charge in [0.2, 0.25) is 0 Å². The minimum Gasteiger partial charge on any atom is -0.383 e. The lowest BCUT2D eigenvalue weighted by Gasteiger charge is -2.08. The number of aromatic nitrogens is 2. The zero-order chi connectivity index (χ0) is 22.8. The van der Waals surface area contributed by atoms with E-state index in [2.05, 4.69) is 20.6 Å². The number of amides is 2. The van der Waals surface area contributed by atoms with Gasteiger partial charge < -0.3 is 20.1 Å². The van der Waals surface area contributed by atoms with Crippen LogP contribution in [0.25, 0.3) is 22.5 Å². The number of carbonyl (C=O) groups is 2. The molecule has 0 fully saturated rings. The highest BCUT2D eigenvalue weighted by Gasteiger charge is 2.09. The molecule has 1 aromatic heterocycles. The summed E-state index contributed by atoms with van der Waals surface area (Å²) in [7, 11) is 3.18. The average Bonchev–Trinajstić information content (AvgIpc) is 2.84. The molecule has 0 aliphatic rings. The Hall–Kier alpha value is -3.62. The number of ether oxygens (including phenoxy) is 2. The predicted molar refractivity (Wildman–Crippen MR) is 121 cm³/mol. The van der Waals surface area contributed by atoms with Crippen molar-refractivity contribution in [1.29, 1.82) is 0 Å². The van der Waals surface area contributed by atoms with Gasteiger partial charge in [0.25, 0.3) is 11.8 Å². The Labute approximate surface area is 187 Å². The molecule has 0 spiro atoms. The van der Waals surface area contributed by atoms with Crippen LogP contribution < -0.4 is 10.6 Å². The van der Waals surface area contributed by atoms with Crippen molar-refractivity contribution >= 4 is 11.8 Å². The summed E-state index contributed by atoms with van der Waals surface area (Å²) in [5, 5.41) is 5.58. The van der Waals surface area contributed by atoms with E-state index in [1.807, 2.05) is 30.3 Å². The van der Waals surface area contributed by atoms with Crippen molar-refractivity contribution < 1.29 is 19.1 Å². The minimum absolute atomic E-state index is 0.150. The van der Waals surface area contributed by atoms with Gasteiger partial charge in [0.15, 0.2) is 0 Å². The normalized spacial score (nSPS) is 10.6. The fourth-order valence-corrected chi connectivity index (χ4v) is 3.00. The maximum Gasteiger partial charge on any atom is 0.251 e. The number of benzene rings is 2. The molecule has 0 aliphatic carbocycles. The minimum atomic E-state index is -0.150. The van der Waals surface area contributed by atoms with E-state index in [1.165, 1.54) is 6.33 Å². The maximum atomic E-state index is 12.1. The molecule has 0 saturated heterocycles. The summed E-state index contributed by atoms with van der Waals surface area (Å²) in [6.07, 6.45) is 1.50. The number of nitrogens with one attached hydrogen (secondary N) is 2. The Morgan fingerprint density at radius 1 is 0.719 bits per heavy atom. The third-order valence-electron chi connectivity index (χ3n) is 4.74. The quantitative estimate of drug-likeness (QED) is 0.476. The van der Waals surface area contributed by atoms with E-state index in [1.54, 1.807) is 38.5 Å². The second kappa shape index (κ2) is 11.7. The average molecular weight is 434 g/mol. The molecule has 0 saturated carbocycles. The van der Waals surface area contributed by atoms with Gasteiger partial charge in [-0.25, -0.2) is 9.97 Å². The van der Waals surface area contributed by atoms with E-state index in [0.29, 0.717) is 37.4 Å². The molecule has 0 radical (unpaired) electrons. The first-order valence-electron chi connectivity index (χ1n) is 10.2. The van der Waals surface area contributed by atoms with Gasteiger partial charge in [0.1, 0.15) is 6.33 Å². The summed E-state index contributed by atoms with van der Waals surface area (Å²) in [5.41, 5.74) is 4.36. The molecule has 0 aliphatic heterocycles. The molecule has 2 aromatic carbocycles. The van der Waals surface area contributed by atoms with E-state index in [-0.39, 0.29) is 11.8 Å². The fourth-order valence-electron chi connectivity index (χ4n) is 3.00. The Morgan fingerprint density at radius 2 is 1.12 bits per heavy atom. The first kappa shape index (κ1) is 23.1. The molecule has 3 aromatic rings. The van der Waals surface area contributed by atoms with E-state index >= 15 is 0 Å². The molecular formula is C24H26N4O4. The standard InChI is InChI=1S/C24H26N4O4/c1-31-13-11-25-23(29)19-7-3-17(4-8-19)21-15-22(28-16-27-21)18-5-9-20(10-6-18)24(30)26-12-14-32-2/h3-10,15-16H,11-14H2,1-2H3,(H,25,29)(H,26,30). The molecule has 0 atom stereocenters. The lowest BCUT2D eigenvalue weighted by atomic mass is 10.0. The molecule has 3 rings (SSSR count). The topological polar surface area (TPSA) is 102 Å². The van der Waals surface area contributed by atoms with Crippen LogP contribution in [0.1, 0.15) is 20.7 Å². The predicted octanol–water partition coefficient (Wildman–Crippen LogP) is 2.56. The van der Waals surface area contributed by atoms with Crippen molar-refractivity contribution in [3.8, 4) is 22.5 Å². The fraction of sp³-hybridized carbons (Fsp3) is 0.250. The summed E-state index contributed by atoms with van der Waals surface area (Å²) in [6.45, 7) is 1.85. The van der Waals surface area contributed by atoms with Gasteiger partial charge in [-0.15, -0.1) is 0 Å². The molecule has 8 heteroatoms. The molecule has 0 unspecified atom stereocenters. The highest BCUT2D eigenvalue weighted by molar-refractivity contribution is 5.95. The van der Waals surface area contributed by atoms with Crippen LogP contribution in [0.15, 0.2) is 60.9 Å². The summed E-state index contributed by atoms with van der Waals surface area (Å²) in [4.78, 5) is 33.0. The number of carbonyl (C=O) groups excluding carboxylic acids is 2. The third kappa shape index (κ3) is 6.19.